The highest BCUT2D eigenvalue weighted by molar-refractivity contribution is 5.91. The highest BCUT2D eigenvalue weighted by Gasteiger charge is 2.25. The van der Waals surface area contributed by atoms with E-state index in [9.17, 15) is 19.2 Å². The molecule has 0 aromatic carbocycles. The molecule has 0 fully saturated rings. The van der Waals surface area contributed by atoms with E-state index in [-0.39, 0.29) is 16.8 Å². The van der Waals surface area contributed by atoms with Crippen LogP contribution in [0.25, 0.3) is 0 Å². The highest BCUT2D eigenvalue weighted by Crippen LogP contribution is 2.32. The lowest BCUT2D eigenvalue weighted by Gasteiger charge is -2.27. The molecule has 162 valence electrons. The van der Waals surface area contributed by atoms with E-state index in [2.05, 4.69) is 41.4 Å². The summed E-state index contributed by atoms with van der Waals surface area (Å²) < 4.78 is 8.36. The second kappa shape index (κ2) is 16.3. The molecule has 28 heavy (non-hydrogen) atoms. The van der Waals surface area contributed by atoms with Gasteiger partial charge in [0, 0.05) is 12.0 Å². The van der Waals surface area contributed by atoms with Crippen molar-refractivity contribution < 1.29 is 33.8 Å². The first kappa shape index (κ1) is 29.9. The van der Waals surface area contributed by atoms with E-state index in [4.69, 9.17) is 5.11 Å². The molecule has 0 aromatic rings. The molecule has 0 bridgehead atoms. The lowest BCUT2D eigenvalue weighted by molar-refractivity contribution is -0.132. The predicted octanol–water partition coefficient (Wildman–Crippen LogP) is 3.17. The molecule has 0 atom stereocenters. The molecule has 0 aromatic heterocycles. The number of ketones is 1. The fourth-order valence-electron chi connectivity index (χ4n) is 1.95. The van der Waals surface area contributed by atoms with E-state index in [1.807, 2.05) is 6.92 Å². The molecule has 0 spiro atoms. The summed E-state index contributed by atoms with van der Waals surface area (Å²) in [6.45, 7) is 15.0. The smallest absolute Gasteiger partial charge is 0.404 e. The van der Waals surface area contributed by atoms with Gasteiger partial charge in [0.15, 0.2) is 5.78 Å². The van der Waals surface area contributed by atoms with Crippen molar-refractivity contribution in [3.63, 3.8) is 0 Å². The van der Waals surface area contributed by atoms with Crippen LogP contribution in [0.3, 0.4) is 0 Å². The summed E-state index contributed by atoms with van der Waals surface area (Å²) >= 11 is 0. The van der Waals surface area contributed by atoms with Crippen LogP contribution in [0.5, 0.6) is 0 Å². The van der Waals surface area contributed by atoms with Crippen molar-refractivity contribution in [3.8, 4) is 0 Å². The van der Waals surface area contributed by atoms with Gasteiger partial charge in [-0.15, -0.1) is 0 Å². The van der Waals surface area contributed by atoms with Gasteiger partial charge in [-0.2, -0.15) is 0 Å². The van der Waals surface area contributed by atoms with Crippen molar-refractivity contribution in [2.24, 2.45) is 16.9 Å². The number of nitrogens with two attached hydrogens (primary N) is 2. The van der Waals surface area contributed by atoms with Crippen molar-refractivity contribution in [1.29, 1.82) is 0 Å². The number of hydrogen-bond acceptors (Lipinski definition) is 6. The van der Waals surface area contributed by atoms with Gasteiger partial charge in [-0.25, -0.2) is 14.4 Å². The number of amides is 2. The topological polar surface area (TPSA) is 159 Å². The van der Waals surface area contributed by atoms with Gasteiger partial charge in [-0.3, -0.25) is 4.79 Å². The lowest BCUT2D eigenvalue weighted by atomic mass is 9.77. The molecule has 9 nitrogen and oxygen atoms in total. The number of aliphatic carboxylic acids is 1. The molecule has 9 heteroatoms. The molecule has 0 radical (unpaired) electrons. The van der Waals surface area contributed by atoms with E-state index < -0.39 is 18.2 Å². The van der Waals surface area contributed by atoms with Crippen LogP contribution in [-0.4, -0.2) is 42.3 Å². The van der Waals surface area contributed by atoms with Gasteiger partial charge in [0.05, 0.1) is 13.2 Å². The third-order valence-electron chi connectivity index (χ3n) is 2.76. The van der Waals surface area contributed by atoms with Gasteiger partial charge in [-0.1, -0.05) is 26.0 Å². The number of primary amides is 2. The third-order valence-corrected chi connectivity index (χ3v) is 2.76. The Morgan fingerprint density at radius 1 is 1.11 bits per heavy atom. The number of hydrogen-bond donors (Lipinski definition) is 3. The number of carboxylic acid groups (broad SMARTS) is 1. The Balaban J connectivity index is -0.000000309. The van der Waals surface area contributed by atoms with Crippen LogP contribution in [0.1, 0.15) is 54.4 Å². The molecular weight excluding hydrogens is 368 g/mol. The maximum absolute atomic E-state index is 11.0. The predicted molar refractivity (Wildman–Crippen MR) is 107 cm³/mol. The van der Waals surface area contributed by atoms with Crippen LogP contribution in [-0.2, 0) is 19.1 Å². The quantitative estimate of drug-likeness (QED) is 0.611. The second-order valence-electron chi connectivity index (χ2n) is 6.56. The zero-order valence-corrected chi connectivity index (χ0v) is 17.7. The molecule has 0 saturated heterocycles. The number of allylic oxidation sites excluding steroid dienone is 2. The van der Waals surface area contributed by atoms with Crippen molar-refractivity contribution >= 4 is 23.9 Å². The summed E-state index contributed by atoms with van der Waals surface area (Å²) in [5.74, 6) is -0.649. The average molecular weight is 402 g/mol. The number of carbonyl (C=O) groups is 4. The fourth-order valence-corrected chi connectivity index (χ4v) is 1.95. The van der Waals surface area contributed by atoms with Gasteiger partial charge in [0.25, 0.3) is 0 Å². The van der Waals surface area contributed by atoms with Gasteiger partial charge in [-0.05, 0) is 45.6 Å². The Morgan fingerprint density at radius 2 is 1.46 bits per heavy atom. The number of rotatable bonds is 3. The SMILES string of the molecule is C=C(C)C(=O)O.CC1=CC(=O)CC(C)(C)C1.CCOC(N)=O.CCOC(N)=O. The third kappa shape index (κ3) is 25.4. The Labute approximate surface area is 166 Å². The molecule has 5 N–H and O–H groups in total. The molecule has 0 heterocycles. The largest absolute Gasteiger partial charge is 0.478 e. The molecule has 0 saturated carbocycles. The van der Waals surface area contributed by atoms with E-state index in [1.165, 1.54) is 12.5 Å². The molecule has 2 amide bonds. The molecular formula is C19H34N2O7. The zero-order valence-electron chi connectivity index (χ0n) is 17.7. The molecule has 1 aliphatic rings. The van der Waals surface area contributed by atoms with Crippen LogP contribution in [0, 0.1) is 5.41 Å². The van der Waals surface area contributed by atoms with Crippen molar-refractivity contribution in [1.82, 2.24) is 0 Å². The van der Waals surface area contributed by atoms with E-state index in [0.29, 0.717) is 19.6 Å². The van der Waals surface area contributed by atoms with E-state index in [1.54, 1.807) is 19.9 Å². The summed E-state index contributed by atoms with van der Waals surface area (Å²) in [6.07, 6.45) is 2.13. The monoisotopic (exact) mass is 402 g/mol. The summed E-state index contributed by atoms with van der Waals surface area (Å²) in [4.78, 5) is 39.8. The minimum Gasteiger partial charge on any atom is -0.478 e. The Hall–Kier alpha value is -2.84. The average Bonchev–Trinajstić information content (AvgIpc) is 2.45. The molecule has 0 aliphatic heterocycles. The summed E-state index contributed by atoms with van der Waals surface area (Å²) in [5, 5.41) is 7.89. The van der Waals surface area contributed by atoms with Crippen molar-refractivity contribution in [2.45, 2.75) is 54.4 Å². The van der Waals surface area contributed by atoms with Crippen LogP contribution >= 0.6 is 0 Å². The number of ether oxygens (including phenoxy) is 2. The molecule has 1 aliphatic carbocycles. The first-order valence-corrected chi connectivity index (χ1v) is 8.61. The van der Waals surface area contributed by atoms with Gasteiger partial charge in [0.2, 0.25) is 0 Å². The van der Waals surface area contributed by atoms with Crippen molar-refractivity contribution in [2.75, 3.05) is 13.2 Å². The Kier molecular flexibility index (Phi) is 17.5. The van der Waals surface area contributed by atoms with E-state index >= 15 is 0 Å². The second-order valence-corrected chi connectivity index (χ2v) is 6.56. The minimum absolute atomic E-state index is 0.176. The summed E-state index contributed by atoms with van der Waals surface area (Å²) in [5.41, 5.74) is 10.7. The number of carbonyl (C=O) groups excluding carboxylic acids is 3. The normalized spacial score (nSPS) is 13.5. The lowest BCUT2D eigenvalue weighted by Crippen LogP contribution is -2.20. The first-order chi connectivity index (χ1) is 12.7. The van der Waals surface area contributed by atoms with Crippen LogP contribution < -0.4 is 11.5 Å². The highest BCUT2D eigenvalue weighted by atomic mass is 16.5. The standard InChI is InChI=1S/C9H14O.C4H6O2.2C3H7NO2/c1-7-4-8(10)6-9(2,3)5-7;1-3(2)4(5)6;2*1-2-6-3(4)5/h4H,5-6H2,1-3H3;1H2,2H3,(H,5,6);2*2H2,1H3,(H2,4,5). The van der Waals surface area contributed by atoms with Gasteiger partial charge >= 0.3 is 18.2 Å². The summed E-state index contributed by atoms with van der Waals surface area (Å²) in [7, 11) is 0. The first-order valence-electron chi connectivity index (χ1n) is 8.61. The zero-order chi connectivity index (χ0) is 22.9. The Bertz CT molecular complexity index is 539. The van der Waals surface area contributed by atoms with Crippen LogP contribution in [0.15, 0.2) is 23.8 Å². The number of carboxylic acids is 1. The summed E-state index contributed by atoms with van der Waals surface area (Å²) in [6, 6.07) is 0. The van der Waals surface area contributed by atoms with Crippen LogP contribution in [0.2, 0.25) is 0 Å². The fraction of sp³-hybridized carbons (Fsp3) is 0.579. The van der Waals surface area contributed by atoms with Gasteiger partial charge in [0.1, 0.15) is 0 Å². The Morgan fingerprint density at radius 3 is 1.61 bits per heavy atom. The molecule has 0 unspecified atom stereocenters. The van der Waals surface area contributed by atoms with Crippen LogP contribution in [0.4, 0.5) is 9.59 Å². The van der Waals surface area contributed by atoms with Crippen molar-refractivity contribution in [3.05, 3.63) is 23.8 Å². The maximum Gasteiger partial charge on any atom is 0.404 e. The maximum atomic E-state index is 11.0. The molecule has 1 rings (SSSR count). The minimum atomic E-state index is -0.935. The van der Waals surface area contributed by atoms with Gasteiger partial charge < -0.3 is 26.0 Å². The van der Waals surface area contributed by atoms with E-state index in [0.717, 1.165) is 6.42 Å².